The van der Waals surface area contributed by atoms with Crippen LogP contribution in [-0.4, -0.2) is 4.98 Å². The number of anilines is 1. The molecule has 0 aliphatic carbocycles. The number of hydrogen-bond acceptors (Lipinski definition) is 4. The van der Waals surface area contributed by atoms with E-state index in [1.807, 2.05) is 0 Å². The zero-order chi connectivity index (χ0) is 14.9. The number of nitrogen functional groups attached to an aromatic ring is 1. The lowest BCUT2D eigenvalue weighted by Gasteiger charge is -2.20. The first-order chi connectivity index (χ1) is 9.45. The van der Waals surface area contributed by atoms with Crippen LogP contribution in [0.15, 0.2) is 24.4 Å². The summed E-state index contributed by atoms with van der Waals surface area (Å²) in [5, 5.41) is 0. The molecule has 0 spiro atoms. The van der Waals surface area contributed by atoms with Crippen molar-refractivity contribution in [3.63, 3.8) is 0 Å². The van der Waals surface area contributed by atoms with Gasteiger partial charge in [-0.3, -0.25) is 5.84 Å². The van der Waals surface area contributed by atoms with Crippen molar-refractivity contribution in [2.45, 2.75) is 13.0 Å². The summed E-state index contributed by atoms with van der Waals surface area (Å²) in [6.45, 7) is 1.76. The third-order valence-electron chi connectivity index (χ3n) is 3.03. The van der Waals surface area contributed by atoms with Crippen LogP contribution in [0.3, 0.4) is 0 Å². The number of hydrazine groups is 1. The number of halogens is 3. The van der Waals surface area contributed by atoms with E-state index in [1.165, 1.54) is 6.20 Å². The van der Waals surface area contributed by atoms with Gasteiger partial charge in [-0.25, -0.2) is 23.6 Å². The van der Waals surface area contributed by atoms with Gasteiger partial charge in [0.1, 0.15) is 5.82 Å². The summed E-state index contributed by atoms with van der Waals surface area (Å²) >= 11 is 0. The van der Waals surface area contributed by atoms with Crippen LogP contribution in [0.1, 0.15) is 22.7 Å². The molecule has 106 valence electrons. The summed E-state index contributed by atoms with van der Waals surface area (Å²) in [5.74, 6) is 1.51. The van der Waals surface area contributed by atoms with Crippen molar-refractivity contribution in [1.29, 1.82) is 0 Å². The molecule has 0 saturated carbocycles. The Morgan fingerprint density at radius 3 is 2.30 bits per heavy atom. The number of aryl methyl sites for hydroxylation is 1. The number of benzene rings is 1. The van der Waals surface area contributed by atoms with E-state index in [9.17, 15) is 13.2 Å². The molecule has 1 aromatic heterocycles. The SMILES string of the molecule is Cc1ccnc(N)c1C(NN)c1cc(F)c(F)c(F)c1. The molecule has 0 saturated heterocycles. The summed E-state index contributed by atoms with van der Waals surface area (Å²) in [5.41, 5.74) is 9.53. The third kappa shape index (κ3) is 2.45. The van der Waals surface area contributed by atoms with E-state index in [1.54, 1.807) is 13.0 Å². The Morgan fingerprint density at radius 1 is 1.20 bits per heavy atom. The van der Waals surface area contributed by atoms with Crippen molar-refractivity contribution in [2.75, 3.05) is 5.73 Å². The van der Waals surface area contributed by atoms with Crippen molar-refractivity contribution < 1.29 is 13.2 Å². The molecule has 1 unspecified atom stereocenters. The van der Waals surface area contributed by atoms with Gasteiger partial charge in [0.15, 0.2) is 17.5 Å². The number of hydrogen-bond donors (Lipinski definition) is 3. The van der Waals surface area contributed by atoms with Gasteiger partial charge in [-0.05, 0) is 36.2 Å². The maximum absolute atomic E-state index is 13.3. The fourth-order valence-electron chi connectivity index (χ4n) is 2.05. The van der Waals surface area contributed by atoms with Gasteiger partial charge < -0.3 is 5.73 Å². The van der Waals surface area contributed by atoms with Crippen LogP contribution in [0.5, 0.6) is 0 Å². The van der Waals surface area contributed by atoms with E-state index in [2.05, 4.69) is 10.4 Å². The van der Waals surface area contributed by atoms with E-state index in [0.717, 1.165) is 17.7 Å². The average molecular weight is 282 g/mol. The molecule has 20 heavy (non-hydrogen) atoms. The number of nitrogens with two attached hydrogens (primary N) is 2. The van der Waals surface area contributed by atoms with Crippen molar-refractivity contribution in [3.8, 4) is 0 Å². The van der Waals surface area contributed by atoms with E-state index in [0.29, 0.717) is 5.56 Å². The number of nitrogens with one attached hydrogen (secondary N) is 1. The van der Waals surface area contributed by atoms with Gasteiger partial charge in [0.05, 0.1) is 6.04 Å². The van der Waals surface area contributed by atoms with Crippen LogP contribution in [0, 0.1) is 24.4 Å². The molecule has 0 radical (unpaired) electrons. The Kier molecular flexibility index (Phi) is 3.91. The molecule has 0 amide bonds. The standard InChI is InChI=1S/C13H13F3N4/c1-6-2-3-19-13(17)10(6)12(20-18)7-4-8(14)11(16)9(15)5-7/h2-5,12,20H,18H2,1H3,(H2,17,19). The highest BCUT2D eigenvalue weighted by molar-refractivity contribution is 5.49. The highest BCUT2D eigenvalue weighted by atomic mass is 19.2. The lowest BCUT2D eigenvalue weighted by Crippen LogP contribution is -2.30. The smallest absolute Gasteiger partial charge is 0.194 e. The maximum Gasteiger partial charge on any atom is 0.194 e. The Labute approximate surface area is 113 Å². The Morgan fingerprint density at radius 2 is 1.80 bits per heavy atom. The zero-order valence-corrected chi connectivity index (χ0v) is 10.6. The first-order valence-electron chi connectivity index (χ1n) is 5.77. The fourth-order valence-corrected chi connectivity index (χ4v) is 2.05. The van der Waals surface area contributed by atoms with Crippen LogP contribution in [0.4, 0.5) is 19.0 Å². The van der Waals surface area contributed by atoms with E-state index < -0.39 is 23.5 Å². The van der Waals surface area contributed by atoms with Crippen LogP contribution >= 0.6 is 0 Å². The summed E-state index contributed by atoms with van der Waals surface area (Å²) < 4.78 is 39.6. The summed E-state index contributed by atoms with van der Waals surface area (Å²) in [6.07, 6.45) is 1.51. The minimum atomic E-state index is -1.53. The number of rotatable bonds is 3. The van der Waals surface area contributed by atoms with Crippen molar-refractivity contribution >= 4 is 5.82 Å². The van der Waals surface area contributed by atoms with Gasteiger partial charge in [0, 0.05) is 11.8 Å². The molecular weight excluding hydrogens is 269 g/mol. The number of pyridine rings is 1. The molecule has 2 rings (SSSR count). The number of aromatic nitrogens is 1. The van der Waals surface area contributed by atoms with Gasteiger partial charge in [0.2, 0.25) is 0 Å². The van der Waals surface area contributed by atoms with Gasteiger partial charge in [-0.15, -0.1) is 0 Å². The molecular formula is C13H13F3N4. The second-order valence-electron chi connectivity index (χ2n) is 4.32. The topological polar surface area (TPSA) is 77.0 Å². The highest BCUT2D eigenvalue weighted by Gasteiger charge is 2.21. The molecule has 4 nitrogen and oxygen atoms in total. The lowest BCUT2D eigenvalue weighted by atomic mass is 9.96. The van der Waals surface area contributed by atoms with E-state index in [4.69, 9.17) is 11.6 Å². The molecule has 1 atom stereocenters. The Bertz CT molecular complexity index is 602. The lowest BCUT2D eigenvalue weighted by molar-refractivity contribution is 0.442. The highest BCUT2D eigenvalue weighted by Crippen LogP contribution is 2.29. The minimum Gasteiger partial charge on any atom is -0.383 e. The predicted octanol–water partition coefficient (Wildman–Crippen LogP) is 1.94. The van der Waals surface area contributed by atoms with Crippen LogP contribution in [0.25, 0.3) is 0 Å². The second kappa shape index (κ2) is 5.48. The van der Waals surface area contributed by atoms with Crippen molar-refractivity contribution in [2.24, 2.45) is 5.84 Å². The zero-order valence-electron chi connectivity index (χ0n) is 10.6. The van der Waals surface area contributed by atoms with Crippen molar-refractivity contribution in [3.05, 3.63) is 58.5 Å². The monoisotopic (exact) mass is 282 g/mol. The van der Waals surface area contributed by atoms with Crippen LogP contribution in [-0.2, 0) is 0 Å². The number of nitrogens with zero attached hydrogens (tertiary/aromatic N) is 1. The maximum atomic E-state index is 13.3. The molecule has 0 bridgehead atoms. The van der Waals surface area contributed by atoms with Gasteiger partial charge >= 0.3 is 0 Å². The van der Waals surface area contributed by atoms with Gasteiger partial charge in [-0.2, -0.15) is 0 Å². The molecule has 1 heterocycles. The fraction of sp³-hybridized carbons (Fsp3) is 0.154. The molecule has 0 aliphatic rings. The summed E-state index contributed by atoms with van der Waals surface area (Å²) in [4.78, 5) is 3.92. The first-order valence-corrected chi connectivity index (χ1v) is 5.77. The largest absolute Gasteiger partial charge is 0.383 e. The summed E-state index contributed by atoms with van der Waals surface area (Å²) in [6, 6.07) is 2.63. The molecule has 1 aromatic carbocycles. The van der Waals surface area contributed by atoms with Crippen LogP contribution in [0.2, 0.25) is 0 Å². The molecule has 2 aromatic rings. The van der Waals surface area contributed by atoms with E-state index >= 15 is 0 Å². The molecule has 0 aliphatic heterocycles. The van der Waals surface area contributed by atoms with Gasteiger partial charge in [0.25, 0.3) is 0 Å². The minimum absolute atomic E-state index is 0.117. The molecule has 7 heteroatoms. The average Bonchev–Trinajstić information content (AvgIpc) is 2.40. The van der Waals surface area contributed by atoms with Gasteiger partial charge in [-0.1, -0.05) is 0 Å². The Hall–Kier alpha value is -2.12. The van der Waals surface area contributed by atoms with Crippen LogP contribution < -0.4 is 17.0 Å². The first kappa shape index (κ1) is 14.3. The molecule has 5 N–H and O–H groups in total. The normalized spacial score (nSPS) is 12.4. The third-order valence-corrected chi connectivity index (χ3v) is 3.03. The Balaban J connectivity index is 2.59. The quantitative estimate of drug-likeness (QED) is 0.457. The van der Waals surface area contributed by atoms with E-state index in [-0.39, 0.29) is 11.4 Å². The summed E-state index contributed by atoms with van der Waals surface area (Å²) in [7, 11) is 0. The van der Waals surface area contributed by atoms with Crippen molar-refractivity contribution in [1.82, 2.24) is 10.4 Å². The predicted molar refractivity (Wildman–Crippen MR) is 68.9 cm³/mol. The second-order valence-corrected chi connectivity index (χ2v) is 4.32. The molecule has 0 fully saturated rings.